The zero-order chi connectivity index (χ0) is 22.5. The predicted molar refractivity (Wildman–Crippen MR) is 122 cm³/mol. The molecule has 1 aromatic carbocycles. The molecule has 2 rings (SSSR count). The summed E-state index contributed by atoms with van der Waals surface area (Å²) in [6.07, 6.45) is 7.28. The molecule has 1 amide bonds. The number of ether oxygens (including phenoxy) is 1. The summed E-state index contributed by atoms with van der Waals surface area (Å²) >= 11 is 0. The molecule has 1 atom stereocenters. The molecule has 1 heterocycles. The molecule has 1 N–H and O–H groups in total. The third-order valence-corrected chi connectivity index (χ3v) is 5.15. The van der Waals surface area contributed by atoms with E-state index in [2.05, 4.69) is 24.1 Å². The Kier molecular flexibility index (Phi) is 11.1. The van der Waals surface area contributed by atoms with Gasteiger partial charge in [0.05, 0.1) is 0 Å². The molecule has 5 nitrogen and oxygen atoms in total. The second-order valence-corrected chi connectivity index (χ2v) is 8.10. The van der Waals surface area contributed by atoms with E-state index in [4.69, 9.17) is 9.15 Å². The number of rotatable bonds is 15. The molecular formula is C25H37FN2O3. The van der Waals surface area contributed by atoms with Crippen molar-refractivity contribution in [3.8, 4) is 5.75 Å². The summed E-state index contributed by atoms with van der Waals surface area (Å²) in [6.45, 7) is 9.62. The zero-order valence-electron chi connectivity index (χ0n) is 19.2. The lowest BCUT2D eigenvalue weighted by Crippen LogP contribution is -2.42. The number of benzene rings is 1. The van der Waals surface area contributed by atoms with Gasteiger partial charge in [-0.2, -0.15) is 0 Å². The third kappa shape index (κ3) is 9.55. The molecule has 0 fully saturated rings. The van der Waals surface area contributed by atoms with Gasteiger partial charge in [-0.15, -0.1) is 0 Å². The first-order chi connectivity index (χ1) is 15.0. The summed E-state index contributed by atoms with van der Waals surface area (Å²) in [6, 6.07) is 9.20. The van der Waals surface area contributed by atoms with Crippen molar-refractivity contribution in [3.05, 3.63) is 53.7 Å². The van der Waals surface area contributed by atoms with E-state index in [1.165, 1.54) is 50.7 Å². The molecule has 31 heavy (non-hydrogen) atoms. The highest BCUT2D eigenvalue weighted by atomic mass is 19.1. The molecule has 1 unspecified atom stereocenters. The second kappa shape index (κ2) is 13.9. The Morgan fingerprint density at radius 3 is 2.29 bits per heavy atom. The summed E-state index contributed by atoms with van der Waals surface area (Å²) in [5, 5.41) is 3.04. The molecule has 0 bridgehead atoms. The number of halogens is 1. The van der Waals surface area contributed by atoms with Gasteiger partial charge in [0.1, 0.15) is 23.9 Å². The summed E-state index contributed by atoms with van der Waals surface area (Å²) in [5.41, 5.74) is 0. The van der Waals surface area contributed by atoms with Gasteiger partial charge in [0.25, 0.3) is 5.91 Å². The Morgan fingerprint density at radius 1 is 1.03 bits per heavy atom. The van der Waals surface area contributed by atoms with Crippen LogP contribution in [0.5, 0.6) is 5.75 Å². The lowest BCUT2D eigenvalue weighted by Gasteiger charge is -2.26. The fourth-order valence-corrected chi connectivity index (χ4v) is 3.46. The van der Waals surface area contributed by atoms with Gasteiger partial charge in [-0.1, -0.05) is 39.5 Å². The van der Waals surface area contributed by atoms with E-state index in [0.29, 0.717) is 11.5 Å². The van der Waals surface area contributed by atoms with Crippen molar-refractivity contribution < 1.29 is 18.3 Å². The molecule has 1 aromatic heterocycles. The first-order valence-corrected chi connectivity index (χ1v) is 11.5. The highest BCUT2D eigenvalue weighted by Crippen LogP contribution is 2.15. The van der Waals surface area contributed by atoms with E-state index in [9.17, 15) is 9.18 Å². The second-order valence-electron chi connectivity index (χ2n) is 8.10. The van der Waals surface area contributed by atoms with Crippen LogP contribution in [-0.4, -0.2) is 36.5 Å². The van der Waals surface area contributed by atoms with Crippen LogP contribution >= 0.6 is 0 Å². The van der Waals surface area contributed by atoms with Crippen molar-refractivity contribution in [1.29, 1.82) is 0 Å². The lowest BCUT2D eigenvalue weighted by molar-refractivity contribution is 0.0896. The summed E-state index contributed by atoms with van der Waals surface area (Å²) in [5.74, 6) is 0.829. The van der Waals surface area contributed by atoms with E-state index >= 15 is 0 Å². The van der Waals surface area contributed by atoms with E-state index in [-0.39, 0.29) is 30.1 Å². The molecule has 0 aliphatic heterocycles. The van der Waals surface area contributed by atoms with Crippen molar-refractivity contribution >= 4 is 5.91 Å². The number of unbranched alkanes of at least 4 members (excludes halogenated alkanes) is 4. The van der Waals surface area contributed by atoms with Gasteiger partial charge in [0, 0.05) is 12.6 Å². The molecule has 0 aliphatic carbocycles. The van der Waals surface area contributed by atoms with Crippen LogP contribution in [0.4, 0.5) is 4.39 Å². The maximum atomic E-state index is 13.0. The Bertz CT molecular complexity index is 750. The highest BCUT2D eigenvalue weighted by molar-refractivity contribution is 5.91. The van der Waals surface area contributed by atoms with E-state index < -0.39 is 0 Å². The predicted octanol–water partition coefficient (Wildman–Crippen LogP) is 5.80. The number of amides is 1. The SMILES string of the molecule is CCCCCN(CCCCC)CC(C)NC(=O)c1ccc(COc2ccc(F)cc2)o1. The summed E-state index contributed by atoms with van der Waals surface area (Å²) in [4.78, 5) is 15.0. The minimum Gasteiger partial charge on any atom is -0.486 e. The third-order valence-electron chi connectivity index (χ3n) is 5.15. The van der Waals surface area contributed by atoms with Gasteiger partial charge in [0.15, 0.2) is 5.76 Å². The Labute approximate surface area is 186 Å². The standard InChI is InChI=1S/C25H37FN2O3/c1-4-6-8-16-28(17-9-7-5-2)18-20(3)27-25(29)24-15-14-23(31-24)19-30-22-12-10-21(26)11-13-22/h10-15,20H,4-9,16-19H2,1-3H3,(H,27,29). The van der Waals surface area contributed by atoms with Crippen molar-refractivity contribution in [1.82, 2.24) is 10.2 Å². The normalized spacial score (nSPS) is 12.2. The Hall–Kier alpha value is -2.34. The van der Waals surface area contributed by atoms with Crippen LogP contribution in [-0.2, 0) is 6.61 Å². The first kappa shape index (κ1) is 24.9. The molecule has 6 heteroatoms. The maximum Gasteiger partial charge on any atom is 0.287 e. The fourth-order valence-electron chi connectivity index (χ4n) is 3.46. The van der Waals surface area contributed by atoms with Gasteiger partial charge < -0.3 is 19.4 Å². The number of carbonyl (C=O) groups excluding carboxylic acids is 1. The number of nitrogens with one attached hydrogen (secondary N) is 1. The maximum absolute atomic E-state index is 13.0. The molecular weight excluding hydrogens is 395 g/mol. The van der Waals surface area contributed by atoms with Crippen LogP contribution in [0.2, 0.25) is 0 Å². The van der Waals surface area contributed by atoms with Crippen molar-refractivity contribution in [2.45, 2.75) is 71.9 Å². The molecule has 0 saturated heterocycles. The lowest BCUT2D eigenvalue weighted by atomic mass is 10.2. The monoisotopic (exact) mass is 432 g/mol. The van der Waals surface area contributed by atoms with Crippen LogP contribution in [0.3, 0.4) is 0 Å². The van der Waals surface area contributed by atoms with Crippen LogP contribution in [0.25, 0.3) is 0 Å². The number of hydrogen-bond acceptors (Lipinski definition) is 4. The summed E-state index contributed by atoms with van der Waals surface area (Å²) in [7, 11) is 0. The summed E-state index contributed by atoms with van der Waals surface area (Å²) < 4.78 is 24.2. The Balaban J connectivity index is 1.81. The molecule has 0 radical (unpaired) electrons. The fraction of sp³-hybridized carbons (Fsp3) is 0.560. The van der Waals surface area contributed by atoms with Crippen LogP contribution in [0.1, 0.15) is 75.6 Å². The molecule has 0 saturated carbocycles. The molecule has 0 spiro atoms. The molecule has 0 aliphatic rings. The van der Waals surface area contributed by atoms with E-state index in [1.54, 1.807) is 24.3 Å². The highest BCUT2D eigenvalue weighted by Gasteiger charge is 2.16. The topological polar surface area (TPSA) is 54.7 Å². The quantitative estimate of drug-likeness (QED) is 0.362. The molecule has 2 aromatic rings. The molecule has 172 valence electrons. The minimum atomic E-state index is -0.312. The number of hydrogen-bond donors (Lipinski definition) is 1. The number of furan rings is 1. The Morgan fingerprint density at radius 2 is 1.68 bits per heavy atom. The van der Waals surface area contributed by atoms with Crippen molar-refractivity contribution in [3.63, 3.8) is 0 Å². The van der Waals surface area contributed by atoms with Gasteiger partial charge in [-0.25, -0.2) is 4.39 Å². The van der Waals surface area contributed by atoms with Crippen LogP contribution in [0.15, 0.2) is 40.8 Å². The van der Waals surface area contributed by atoms with Crippen LogP contribution in [0, 0.1) is 5.82 Å². The smallest absolute Gasteiger partial charge is 0.287 e. The van der Waals surface area contributed by atoms with Gasteiger partial charge >= 0.3 is 0 Å². The number of carbonyl (C=O) groups is 1. The van der Waals surface area contributed by atoms with E-state index in [0.717, 1.165) is 19.6 Å². The van der Waals surface area contributed by atoms with E-state index in [1.807, 2.05) is 6.92 Å². The van der Waals surface area contributed by atoms with Gasteiger partial charge in [-0.3, -0.25) is 4.79 Å². The average Bonchev–Trinajstić information content (AvgIpc) is 3.23. The van der Waals surface area contributed by atoms with Crippen molar-refractivity contribution in [2.24, 2.45) is 0 Å². The van der Waals surface area contributed by atoms with Crippen LogP contribution < -0.4 is 10.1 Å². The van der Waals surface area contributed by atoms with Crippen molar-refractivity contribution in [2.75, 3.05) is 19.6 Å². The van der Waals surface area contributed by atoms with Gasteiger partial charge in [0.2, 0.25) is 0 Å². The minimum absolute atomic E-state index is 0.0276. The average molecular weight is 433 g/mol. The van der Waals surface area contributed by atoms with Gasteiger partial charge in [-0.05, 0) is 69.3 Å². The zero-order valence-corrected chi connectivity index (χ0v) is 19.2. The largest absolute Gasteiger partial charge is 0.486 e. The first-order valence-electron chi connectivity index (χ1n) is 11.5. The number of nitrogens with zero attached hydrogens (tertiary/aromatic N) is 1.